The third-order valence-corrected chi connectivity index (χ3v) is 3.77. The van der Waals surface area contributed by atoms with Crippen LogP contribution in [0.4, 0.5) is 20.2 Å². The summed E-state index contributed by atoms with van der Waals surface area (Å²) in [5.41, 5.74) is 0.964. The number of rotatable bonds is 7. The number of amides is 1. The first-order chi connectivity index (χ1) is 12.4. The van der Waals surface area contributed by atoms with E-state index in [0.29, 0.717) is 5.56 Å². The summed E-state index contributed by atoms with van der Waals surface area (Å²) in [5, 5.41) is 2.16. The Hall–Kier alpha value is -2.96. The lowest BCUT2D eigenvalue weighted by atomic mass is 10.2. The Morgan fingerprint density at radius 3 is 2.31 bits per heavy atom. The first-order valence-corrected chi connectivity index (χ1v) is 8.21. The van der Waals surface area contributed by atoms with Crippen molar-refractivity contribution in [3.8, 4) is 0 Å². The smallest absolute Gasteiger partial charge is 0.338 e. The minimum atomic E-state index is -0.780. The van der Waals surface area contributed by atoms with E-state index in [1.54, 1.807) is 24.3 Å². The second-order valence-corrected chi connectivity index (χ2v) is 5.47. The third kappa shape index (κ3) is 5.02. The summed E-state index contributed by atoms with van der Waals surface area (Å²) in [5.74, 6) is -2.90. The van der Waals surface area contributed by atoms with Crippen molar-refractivity contribution in [1.29, 1.82) is 0 Å². The van der Waals surface area contributed by atoms with Gasteiger partial charge in [-0.1, -0.05) is 0 Å². The van der Waals surface area contributed by atoms with Gasteiger partial charge in [0.05, 0.1) is 11.3 Å². The average molecular weight is 362 g/mol. The Kier molecular flexibility index (Phi) is 6.66. The number of hydrogen-bond acceptors (Lipinski definition) is 4. The topological polar surface area (TPSA) is 58.6 Å². The van der Waals surface area contributed by atoms with E-state index >= 15 is 0 Å². The molecule has 0 unspecified atom stereocenters. The monoisotopic (exact) mass is 362 g/mol. The average Bonchev–Trinajstić information content (AvgIpc) is 2.64. The highest BCUT2D eigenvalue weighted by Gasteiger charge is 2.13. The number of carbonyl (C=O) groups is 2. The van der Waals surface area contributed by atoms with Gasteiger partial charge >= 0.3 is 5.97 Å². The van der Waals surface area contributed by atoms with Gasteiger partial charge in [-0.15, -0.1) is 0 Å². The molecule has 2 aromatic rings. The van der Waals surface area contributed by atoms with Gasteiger partial charge < -0.3 is 15.0 Å². The Morgan fingerprint density at radius 2 is 1.69 bits per heavy atom. The molecule has 138 valence electrons. The first-order valence-electron chi connectivity index (χ1n) is 8.21. The van der Waals surface area contributed by atoms with E-state index in [4.69, 9.17) is 4.74 Å². The predicted molar refractivity (Wildman–Crippen MR) is 95.3 cm³/mol. The molecule has 0 radical (unpaired) electrons. The van der Waals surface area contributed by atoms with Crippen molar-refractivity contribution >= 4 is 23.3 Å². The predicted octanol–water partition coefficient (Wildman–Crippen LogP) is 3.61. The number of anilines is 2. The fraction of sp³-hybridized carbons (Fsp3) is 0.263. The Morgan fingerprint density at radius 1 is 1.04 bits per heavy atom. The number of carbonyl (C=O) groups excluding carboxylic acids is 2. The van der Waals surface area contributed by atoms with Crippen molar-refractivity contribution in [2.45, 2.75) is 13.8 Å². The van der Waals surface area contributed by atoms with E-state index in [1.165, 1.54) is 0 Å². The van der Waals surface area contributed by atoms with Crippen LogP contribution in [0.25, 0.3) is 0 Å². The van der Waals surface area contributed by atoms with Crippen LogP contribution in [0.3, 0.4) is 0 Å². The van der Waals surface area contributed by atoms with E-state index in [9.17, 15) is 18.4 Å². The van der Waals surface area contributed by atoms with Gasteiger partial charge in [0.1, 0.15) is 11.6 Å². The highest BCUT2D eigenvalue weighted by Crippen LogP contribution is 2.16. The highest BCUT2D eigenvalue weighted by atomic mass is 19.1. The third-order valence-electron chi connectivity index (χ3n) is 3.77. The molecule has 2 rings (SSSR count). The SMILES string of the molecule is CCN(CC)c1ccc(C(=O)OCC(=O)Nc2cc(F)ccc2F)cc1. The quantitative estimate of drug-likeness (QED) is 0.765. The largest absolute Gasteiger partial charge is 0.452 e. The molecule has 0 aromatic heterocycles. The fourth-order valence-electron chi connectivity index (χ4n) is 2.39. The maximum Gasteiger partial charge on any atom is 0.338 e. The zero-order chi connectivity index (χ0) is 19.1. The van der Waals surface area contributed by atoms with Crippen molar-refractivity contribution < 1.29 is 23.1 Å². The molecule has 1 amide bonds. The summed E-state index contributed by atoms with van der Waals surface area (Å²) in [4.78, 5) is 25.9. The lowest BCUT2D eigenvalue weighted by molar-refractivity contribution is -0.119. The second-order valence-electron chi connectivity index (χ2n) is 5.47. The number of hydrogen-bond donors (Lipinski definition) is 1. The summed E-state index contributed by atoms with van der Waals surface area (Å²) in [6.45, 7) is 5.15. The van der Waals surface area contributed by atoms with Crippen LogP contribution in [0.15, 0.2) is 42.5 Å². The minimum Gasteiger partial charge on any atom is -0.452 e. The summed E-state index contributed by atoms with van der Waals surface area (Å²) >= 11 is 0. The zero-order valence-corrected chi connectivity index (χ0v) is 14.6. The molecular formula is C19H20F2N2O3. The molecule has 0 saturated heterocycles. The molecule has 0 aliphatic rings. The summed E-state index contributed by atoms with van der Waals surface area (Å²) in [6, 6.07) is 9.50. The molecule has 2 aromatic carbocycles. The van der Waals surface area contributed by atoms with Crippen molar-refractivity contribution in [3.63, 3.8) is 0 Å². The van der Waals surface area contributed by atoms with Crippen LogP contribution in [0, 0.1) is 11.6 Å². The van der Waals surface area contributed by atoms with Crippen molar-refractivity contribution in [2.75, 3.05) is 29.9 Å². The summed E-state index contributed by atoms with van der Waals surface area (Å²) in [7, 11) is 0. The number of ether oxygens (including phenoxy) is 1. The number of nitrogens with one attached hydrogen (secondary N) is 1. The molecule has 5 nitrogen and oxygen atoms in total. The fourth-order valence-corrected chi connectivity index (χ4v) is 2.39. The molecule has 0 atom stereocenters. The normalized spacial score (nSPS) is 10.3. The number of benzene rings is 2. The maximum absolute atomic E-state index is 13.5. The standard InChI is InChI=1S/C19H20F2N2O3/c1-3-23(4-2)15-8-5-13(6-9-15)19(25)26-12-18(24)22-17-11-14(20)7-10-16(17)21/h5-11H,3-4,12H2,1-2H3,(H,22,24). The molecule has 0 spiro atoms. The molecule has 0 bridgehead atoms. The van der Waals surface area contributed by atoms with Crippen LogP contribution in [0.2, 0.25) is 0 Å². The van der Waals surface area contributed by atoms with Crippen molar-refractivity contribution in [3.05, 3.63) is 59.7 Å². The molecule has 0 fully saturated rings. The van der Waals surface area contributed by atoms with E-state index < -0.39 is 30.1 Å². The lowest BCUT2D eigenvalue weighted by Gasteiger charge is -2.20. The lowest BCUT2D eigenvalue weighted by Crippen LogP contribution is -2.22. The van der Waals surface area contributed by atoms with Crippen LogP contribution in [0.5, 0.6) is 0 Å². The Balaban J connectivity index is 1.91. The van der Waals surface area contributed by atoms with Gasteiger partial charge in [-0.3, -0.25) is 4.79 Å². The Labute approximate surface area is 150 Å². The Bertz CT molecular complexity index is 775. The number of esters is 1. The van der Waals surface area contributed by atoms with Crippen LogP contribution in [0.1, 0.15) is 24.2 Å². The van der Waals surface area contributed by atoms with Crippen LogP contribution in [-0.4, -0.2) is 31.6 Å². The van der Waals surface area contributed by atoms with Gasteiger partial charge in [-0.2, -0.15) is 0 Å². The minimum absolute atomic E-state index is 0.297. The summed E-state index contributed by atoms with van der Waals surface area (Å²) in [6.07, 6.45) is 0. The van der Waals surface area contributed by atoms with Gasteiger partial charge in [-0.05, 0) is 50.2 Å². The van der Waals surface area contributed by atoms with E-state index in [2.05, 4.69) is 10.2 Å². The number of halogens is 2. The van der Waals surface area contributed by atoms with Gasteiger partial charge in [0.15, 0.2) is 6.61 Å². The first kappa shape index (κ1) is 19.4. The van der Waals surface area contributed by atoms with Gasteiger partial charge in [0, 0.05) is 24.8 Å². The van der Waals surface area contributed by atoms with Crippen molar-refractivity contribution in [1.82, 2.24) is 0 Å². The van der Waals surface area contributed by atoms with Crippen LogP contribution in [-0.2, 0) is 9.53 Å². The zero-order valence-electron chi connectivity index (χ0n) is 14.6. The molecule has 0 aliphatic carbocycles. The molecule has 0 aliphatic heterocycles. The molecular weight excluding hydrogens is 342 g/mol. The van der Waals surface area contributed by atoms with E-state index in [-0.39, 0.29) is 5.69 Å². The van der Waals surface area contributed by atoms with Crippen LogP contribution < -0.4 is 10.2 Å². The van der Waals surface area contributed by atoms with E-state index in [0.717, 1.165) is 37.0 Å². The molecule has 7 heteroatoms. The second kappa shape index (κ2) is 8.94. The maximum atomic E-state index is 13.5. The molecule has 0 saturated carbocycles. The van der Waals surface area contributed by atoms with Crippen molar-refractivity contribution in [2.24, 2.45) is 0 Å². The molecule has 26 heavy (non-hydrogen) atoms. The summed E-state index contributed by atoms with van der Waals surface area (Å²) < 4.78 is 31.4. The number of nitrogens with zero attached hydrogens (tertiary/aromatic N) is 1. The molecule has 0 heterocycles. The molecule has 1 N–H and O–H groups in total. The van der Waals surface area contributed by atoms with Gasteiger partial charge in [-0.25, -0.2) is 13.6 Å². The van der Waals surface area contributed by atoms with Gasteiger partial charge in [0.25, 0.3) is 5.91 Å². The highest BCUT2D eigenvalue weighted by molar-refractivity contribution is 5.95. The van der Waals surface area contributed by atoms with Gasteiger partial charge in [0.2, 0.25) is 0 Å². The van der Waals surface area contributed by atoms with Crippen LogP contribution >= 0.6 is 0 Å². The van der Waals surface area contributed by atoms with E-state index in [1.807, 2.05) is 13.8 Å².